The first kappa shape index (κ1) is 11.8. The molecule has 1 unspecified atom stereocenters. The maximum Gasteiger partial charge on any atom is 0.318 e. The van der Waals surface area contributed by atoms with E-state index in [0.717, 1.165) is 5.56 Å². The van der Waals surface area contributed by atoms with E-state index in [-0.39, 0.29) is 12.4 Å². The highest BCUT2D eigenvalue weighted by Crippen LogP contribution is 2.20. The van der Waals surface area contributed by atoms with Gasteiger partial charge in [0.2, 0.25) is 0 Å². The number of hydrogen-bond donors (Lipinski definition) is 0. The molecule has 0 radical (unpaired) electrons. The zero-order chi connectivity index (χ0) is 12.3. The van der Waals surface area contributed by atoms with Crippen LogP contribution in [0, 0.1) is 5.92 Å². The van der Waals surface area contributed by atoms with E-state index < -0.39 is 18.0 Å². The van der Waals surface area contributed by atoms with Crippen LogP contribution in [-0.2, 0) is 25.5 Å². The van der Waals surface area contributed by atoms with Crippen LogP contribution in [0.5, 0.6) is 0 Å². The second-order valence-electron chi connectivity index (χ2n) is 3.99. The zero-order valence-electron chi connectivity index (χ0n) is 9.59. The molecule has 4 heteroatoms. The smallest absolute Gasteiger partial charge is 0.318 e. The largest absolute Gasteiger partial charge is 0.468 e. The fraction of sp³-hybridized carbons (Fsp3) is 0.385. The molecule has 0 aliphatic carbocycles. The second-order valence-corrected chi connectivity index (χ2v) is 3.99. The minimum Gasteiger partial charge on any atom is -0.468 e. The maximum absolute atomic E-state index is 11.9. The van der Waals surface area contributed by atoms with Gasteiger partial charge in [0.05, 0.1) is 13.7 Å². The van der Waals surface area contributed by atoms with E-state index in [1.54, 1.807) is 0 Å². The summed E-state index contributed by atoms with van der Waals surface area (Å²) >= 11 is 0. The van der Waals surface area contributed by atoms with Crippen LogP contribution in [0.1, 0.15) is 5.56 Å². The summed E-state index contributed by atoms with van der Waals surface area (Å²) in [6.45, 7) is 0.128. The molecule has 0 aromatic heterocycles. The Labute approximate surface area is 99.5 Å². The summed E-state index contributed by atoms with van der Waals surface area (Å²) in [4.78, 5) is 23.2. The van der Waals surface area contributed by atoms with E-state index in [0.29, 0.717) is 6.42 Å². The van der Waals surface area contributed by atoms with Crippen LogP contribution >= 0.6 is 0 Å². The quantitative estimate of drug-likeness (QED) is 0.578. The lowest BCUT2D eigenvalue weighted by Gasteiger charge is -2.08. The van der Waals surface area contributed by atoms with Gasteiger partial charge in [0.1, 0.15) is 12.0 Å². The molecule has 0 bridgehead atoms. The summed E-state index contributed by atoms with van der Waals surface area (Å²) in [7, 11) is 1.28. The number of rotatable bonds is 3. The minimum absolute atomic E-state index is 0.128. The third-order valence-electron chi connectivity index (χ3n) is 2.87. The van der Waals surface area contributed by atoms with Gasteiger partial charge in [0, 0.05) is 6.42 Å². The number of ether oxygens (including phenoxy) is 2. The van der Waals surface area contributed by atoms with E-state index >= 15 is 0 Å². The predicted octanol–water partition coefficient (Wildman–Crippen LogP) is 0.986. The number of Topliss-reactive ketones (excluding diaryl/α,β-unsaturated/α-hetero) is 1. The molecule has 2 atom stereocenters. The van der Waals surface area contributed by atoms with Crippen LogP contribution in [0.4, 0.5) is 0 Å². The van der Waals surface area contributed by atoms with Crippen molar-refractivity contribution in [2.75, 3.05) is 13.7 Å². The molecule has 1 aliphatic rings. The summed E-state index contributed by atoms with van der Waals surface area (Å²) in [6.07, 6.45) is -0.0193. The van der Waals surface area contributed by atoms with Gasteiger partial charge in [-0.05, 0) is 5.56 Å². The highest BCUT2D eigenvalue weighted by molar-refractivity contribution is 6.02. The first-order chi connectivity index (χ1) is 8.22. The number of methoxy groups -OCH3 is 1. The van der Waals surface area contributed by atoms with Crippen molar-refractivity contribution in [3.63, 3.8) is 0 Å². The number of hydrogen-bond acceptors (Lipinski definition) is 4. The molecule has 1 saturated heterocycles. The lowest BCUT2D eigenvalue weighted by molar-refractivity contribution is -0.147. The van der Waals surface area contributed by atoms with E-state index in [2.05, 4.69) is 4.74 Å². The molecule has 0 saturated carbocycles. The molecular formula is C13H14O4. The highest BCUT2D eigenvalue weighted by Gasteiger charge is 2.40. The number of carbonyl (C=O) groups is 2. The molecule has 0 spiro atoms. The molecule has 1 heterocycles. The zero-order valence-corrected chi connectivity index (χ0v) is 9.59. The van der Waals surface area contributed by atoms with Crippen molar-refractivity contribution in [1.29, 1.82) is 0 Å². The van der Waals surface area contributed by atoms with E-state index in [4.69, 9.17) is 4.74 Å². The summed E-state index contributed by atoms with van der Waals surface area (Å²) in [5, 5.41) is 0. The minimum atomic E-state index is -0.756. The first-order valence-electron chi connectivity index (χ1n) is 5.49. The Morgan fingerprint density at radius 1 is 1.41 bits per heavy atom. The lowest BCUT2D eigenvalue weighted by atomic mass is 9.99. The van der Waals surface area contributed by atoms with Crippen LogP contribution in [0.25, 0.3) is 0 Å². The average Bonchev–Trinajstić information content (AvgIpc) is 2.72. The molecule has 90 valence electrons. The first-order valence-corrected chi connectivity index (χ1v) is 5.49. The third kappa shape index (κ3) is 2.53. The molecular weight excluding hydrogens is 220 g/mol. The monoisotopic (exact) mass is 234 g/mol. The van der Waals surface area contributed by atoms with Crippen molar-refractivity contribution in [3.8, 4) is 0 Å². The summed E-state index contributed by atoms with van der Waals surface area (Å²) in [5.74, 6) is -1.44. The van der Waals surface area contributed by atoms with Crippen LogP contribution < -0.4 is 0 Å². The van der Waals surface area contributed by atoms with Gasteiger partial charge in [-0.3, -0.25) is 9.59 Å². The van der Waals surface area contributed by atoms with E-state index in [1.807, 2.05) is 30.3 Å². The Kier molecular flexibility index (Phi) is 3.54. The second kappa shape index (κ2) is 5.10. The van der Waals surface area contributed by atoms with Gasteiger partial charge in [0.25, 0.3) is 0 Å². The van der Waals surface area contributed by atoms with Crippen molar-refractivity contribution in [2.24, 2.45) is 5.92 Å². The van der Waals surface area contributed by atoms with Crippen LogP contribution in [0.15, 0.2) is 30.3 Å². The van der Waals surface area contributed by atoms with Crippen molar-refractivity contribution in [3.05, 3.63) is 35.9 Å². The van der Waals surface area contributed by atoms with Crippen molar-refractivity contribution in [1.82, 2.24) is 0 Å². The standard InChI is InChI=1S/C13H14O4/c1-16-13(15)10-8-17-11(12(10)14)7-9-5-3-2-4-6-9/h2-6,10-11H,7-8H2,1H3/t10?,11-/m0/s1. The summed E-state index contributed by atoms with van der Waals surface area (Å²) < 4.78 is 9.92. The third-order valence-corrected chi connectivity index (χ3v) is 2.87. The number of benzene rings is 1. The number of ketones is 1. The molecule has 4 nitrogen and oxygen atoms in total. The van der Waals surface area contributed by atoms with Crippen molar-refractivity contribution < 1.29 is 19.1 Å². The van der Waals surface area contributed by atoms with Gasteiger partial charge in [-0.15, -0.1) is 0 Å². The fourth-order valence-corrected chi connectivity index (χ4v) is 1.92. The van der Waals surface area contributed by atoms with Gasteiger partial charge < -0.3 is 9.47 Å². The molecule has 1 aliphatic heterocycles. The fourth-order valence-electron chi connectivity index (χ4n) is 1.92. The van der Waals surface area contributed by atoms with Crippen LogP contribution in [0.2, 0.25) is 0 Å². The molecule has 0 amide bonds. The van der Waals surface area contributed by atoms with Crippen LogP contribution in [-0.4, -0.2) is 31.6 Å². The molecule has 0 N–H and O–H groups in total. The Balaban J connectivity index is 2.01. The molecule has 1 fully saturated rings. The average molecular weight is 234 g/mol. The van der Waals surface area contributed by atoms with Gasteiger partial charge >= 0.3 is 5.97 Å². The molecule has 1 aromatic rings. The summed E-state index contributed by atoms with van der Waals surface area (Å²) in [6, 6.07) is 9.60. The van der Waals surface area contributed by atoms with Crippen LogP contribution in [0.3, 0.4) is 0 Å². The van der Waals surface area contributed by atoms with Gasteiger partial charge in [0.15, 0.2) is 5.78 Å². The molecule has 2 rings (SSSR count). The van der Waals surface area contributed by atoms with E-state index in [9.17, 15) is 9.59 Å². The Morgan fingerprint density at radius 3 is 2.76 bits per heavy atom. The van der Waals surface area contributed by atoms with Gasteiger partial charge in [-0.25, -0.2) is 0 Å². The Bertz CT molecular complexity index is 413. The normalized spacial score (nSPS) is 23.7. The highest BCUT2D eigenvalue weighted by atomic mass is 16.5. The Morgan fingerprint density at radius 2 is 2.12 bits per heavy atom. The van der Waals surface area contributed by atoms with Crippen molar-refractivity contribution in [2.45, 2.75) is 12.5 Å². The molecule has 1 aromatic carbocycles. The number of esters is 1. The maximum atomic E-state index is 11.9. The topological polar surface area (TPSA) is 52.6 Å². The predicted molar refractivity (Wildman–Crippen MR) is 60.4 cm³/mol. The van der Waals surface area contributed by atoms with E-state index in [1.165, 1.54) is 7.11 Å². The Hall–Kier alpha value is -1.68. The van der Waals surface area contributed by atoms with Gasteiger partial charge in [-0.2, -0.15) is 0 Å². The SMILES string of the molecule is COC(=O)C1CO[C@@H](Cc2ccccc2)C1=O. The number of carbonyl (C=O) groups excluding carboxylic acids is 2. The van der Waals surface area contributed by atoms with Crippen molar-refractivity contribution >= 4 is 11.8 Å². The molecule has 17 heavy (non-hydrogen) atoms. The lowest BCUT2D eigenvalue weighted by Crippen LogP contribution is -2.28. The summed E-state index contributed by atoms with van der Waals surface area (Å²) in [5.41, 5.74) is 1.02. The van der Waals surface area contributed by atoms with Gasteiger partial charge in [-0.1, -0.05) is 30.3 Å².